The van der Waals surface area contributed by atoms with Crippen molar-refractivity contribution in [1.82, 2.24) is 0 Å². The van der Waals surface area contributed by atoms with Gasteiger partial charge in [0.1, 0.15) is 10.1 Å². The van der Waals surface area contributed by atoms with Crippen LogP contribution >= 0.6 is 0 Å². The average Bonchev–Trinajstić information content (AvgIpc) is 2.13. The van der Waals surface area contributed by atoms with Crippen LogP contribution < -0.4 is 0 Å². The average molecular weight is 241 g/mol. The lowest BCUT2D eigenvalue weighted by Gasteiger charge is -2.17. The number of rotatable bonds is 3. The molecule has 0 aliphatic rings. The Bertz CT molecular complexity index is 466. The number of hydrogen-bond acceptors (Lipinski definition) is 3. The maximum Gasteiger partial charge on any atom is 0.124 e. The molecule has 1 unspecified atom stereocenters. The van der Waals surface area contributed by atoms with Crippen LogP contribution in [0.15, 0.2) is 17.0 Å². The molecule has 0 spiro atoms. The van der Waals surface area contributed by atoms with E-state index in [1.165, 1.54) is 0 Å². The minimum Gasteiger partial charge on any atom is -0.744 e. The van der Waals surface area contributed by atoms with Crippen molar-refractivity contribution in [3.63, 3.8) is 0 Å². The molecular weight excluding hydrogens is 224 g/mol. The molecule has 0 N–H and O–H groups in total. The van der Waals surface area contributed by atoms with E-state index >= 15 is 0 Å². The molecule has 0 aliphatic heterocycles. The van der Waals surface area contributed by atoms with Gasteiger partial charge in [0.2, 0.25) is 0 Å². The molecule has 1 atom stereocenters. The quantitative estimate of drug-likeness (QED) is 0.764. The second-order valence-electron chi connectivity index (χ2n) is 4.25. The largest absolute Gasteiger partial charge is 0.744 e. The molecule has 0 bridgehead atoms. The minimum atomic E-state index is -4.36. The molecule has 3 nitrogen and oxygen atoms in total. The molecule has 0 saturated carbocycles. The van der Waals surface area contributed by atoms with E-state index in [1.807, 2.05) is 0 Å². The zero-order chi connectivity index (χ0) is 12.5. The zero-order valence-electron chi connectivity index (χ0n) is 10.1. The van der Waals surface area contributed by atoms with Gasteiger partial charge in [-0.3, -0.25) is 0 Å². The Hall–Kier alpha value is -0.870. The zero-order valence-corrected chi connectivity index (χ0v) is 10.9. The van der Waals surface area contributed by atoms with Gasteiger partial charge in [0.05, 0.1) is 4.90 Å². The van der Waals surface area contributed by atoms with Crippen molar-refractivity contribution in [3.8, 4) is 0 Å². The molecule has 1 rings (SSSR count). The molecule has 0 aliphatic carbocycles. The van der Waals surface area contributed by atoms with Gasteiger partial charge in [-0.05, 0) is 42.9 Å². The molecule has 0 fully saturated rings. The maximum atomic E-state index is 11.1. The summed E-state index contributed by atoms with van der Waals surface area (Å²) in [6.45, 7) is 7.50. The lowest BCUT2D eigenvalue weighted by atomic mass is 9.95. The summed E-state index contributed by atoms with van der Waals surface area (Å²) in [6.07, 6.45) is 0.988. The van der Waals surface area contributed by atoms with E-state index in [-0.39, 0.29) is 4.90 Å². The van der Waals surface area contributed by atoms with E-state index in [2.05, 4.69) is 13.8 Å². The van der Waals surface area contributed by atoms with Crippen LogP contribution in [0.5, 0.6) is 0 Å². The molecule has 1 aromatic rings. The third-order valence-electron chi connectivity index (χ3n) is 2.91. The minimum absolute atomic E-state index is 0.0699. The molecule has 4 heteroatoms. The van der Waals surface area contributed by atoms with Gasteiger partial charge in [0.15, 0.2) is 0 Å². The van der Waals surface area contributed by atoms with Crippen molar-refractivity contribution in [1.29, 1.82) is 0 Å². The molecule has 0 aromatic heterocycles. The summed E-state index contributed by atoms with van der Waals surface area (Å²) in [7, 11) is -4.36. The molecule has 16 heavy (non-hydrogen) atoms. The van der Waals surface area contributed by atoms with Gasteiger partial charge in [-0.2, -0.15) is 0 Å². The van der Waals surface area contributed by atoms with Crippen LogP contribution in [-0.4, -0.2) is 13.0 Å². The predicted molar refractivity (Wildman–Crippen MR) is 62.6 cm³/mol. The second-order valence-corrected chi connectivity index (χ2v) is 5.56. The molecule has 0 heterocycles. The first-order chi connectivity index (χ1) is 7.27. The van der Waals surface area contributed by atoms with Crippen LogP contribution in [0.25, 0.3) is 0 Å². The number of aryl methyl sites for hydroxylation is 2. The summed E-state index contributed by atoms with van der Waals surface area (Å²) in [5.41, 5.74) is 2.18. The molecular formula is C12H17O3S-. The van der Waals surface area contributed by atoms with E-state index in [1.54, 1.807) is 26.0 Å². The molecule has 0 radical (unpaired) electrons. The highest BCUT2D eigenvalue weighted by atomic mass is 32.2. The Balaban J connectivity index is 3.40. The Labute approximate surface area is 97.2 Å². The fourth-order valence-corrected chi connectivity index (χ4v) is 2.80. The Kier molecular flexibility index (Phi) is 3.76. The highest BCUT2D eigenvalue weighted by Crippen LogP contribution is 2.26. The first-order valence-corrected chi connectivity index (χ1v) is 6.75. The van der Waals surface area contributed by atoms with E-state index in [0.29, 0.717) is 17.0 Å². The number of benzene rings is 1. The van der Waals surface area contributed by atoms with Crippen LogP contribution in [0.2, 0.25) is 0 Å². The Morgan fingerprint density at radius 3 is 2.00 bits per heavy atom. The Morgan fingerprint density at radius 1 is 1.25 bits per heavy atom. The van der Waals surface area contributed by atoms with Crippen LogP contribution in [0.3, 0.4) is 0 Å². The van der Waals surface area contributed by atoms with Crippen LogP contribution in [0, 0.1) is 13.8 Å². The van der Waals surface area contributed by atoms with E-state index in [4.69, 9.17) is 0 Å². The predicted octanol–water partition coefficient (Wildman–Crippen LogP) is 2.72. The monoisotopic (exact) mass is 241 g/mol. The lowest BCUT2D eigenvalue weighted by molar-refractivity contribution is 0.462. The maximum absolute atomic E-state index is 11.1. The summed E-state index contributed by atoms with van der Waals surface area (Å²) >= 11 is 0. The smallest absolute Gasteiger partial charge is 0.124 e. The topological polar surface area (TPSA) is 57.2 Å². The normalized spacial score (nSPS) is 13.8. The highest BCUT2D eigenvalue weighted by Gasteiger charge is 2.13. The second kappa shape index (κ2) is 4.55. The number of hydrogen-bond donors (Lipinski definition) is 0. The third kappa shape index (κ3) is 2.62. The summed E-state index contributed by atoms with van der Waals surface area (Å²) in [5, 5.41) is 0. The van der Waals surface area contributed by atoms with Crippen molar-refractivity contribution < 1.29 is 13.0 Å². The molecule has 0 saturated heterocycles. The van der Waals surface area contributed by atoms with Gasteiger partial charge in [0.25, 0.3) is 0 Å². The first kappa shape index (κ1) is 13.2. The van der Waals surface area contributed by atoms with Crippen molar-refractivity contribution in [2.45, 2.75) is 44.9 Å². The highest BCUT2D eigenvalue weighted by molar-refractivity contribution is 7.85. The fraction of sp³-hybridized carbons (Fsp3) is 0.500. The van der Waals surface area contributed by atoms with Gasteiger partial charge in [-0.15, -0.1) is 0 Å². The fourth-order valence-electron chi connectivity index (χ4n) is 1.90. The summed E-state index contributed by atoms with van der Waals surface area (Å²) < 4.78 is 33.2. The Morgan fingerprint density at radius 2 is 1.69 bits per heavy atom. The van der Waals surface area contributed by atoms with E-state index < -0.39 is 10.1 Å². The van der Waals surface area contributed by atoms with Crippen molar-refractivity contribution in [2.75, 3.05) is 0 Å². The van der Waals surface area contributed by atoms with E-state index in [0.717, 1.165) is 12.0 Å². The third-order valence-corrected chi connectivity index (χ3v) is 4.06. The molecule has 0 amide bonds. The van der Waals surface area contributed by atoms with Gasteiger partial charge >= 0.3 is 0 Å². The van der Waals surface area contributed by atoms with Gasteiger partial charge in [0, 0.05) is 0 Å². The standard InChI is InChI=1S/C12H18O3S/c1-5-8(2)11-6-9(3)12(10(4)7-11)16(13,14)15/h6-8H,5H2,1-4H3,(H,13,14,15)/p-1. The van der Waals surface area contributed by atoms with Crippen molar-refractivity contribution in [3.05, 3.63) is 28.8 Å². The lowest BCUT2D eigenvalue weighted by Crippen LogP contribution is -2.06. The summed E-state index contributed by atoms with van der Waals surface area (Å²) in [6, 6.07) is 3.60. The molecule has 1 aromatic carbocycles. The van der Waals surface area contributed by atoms with Crippen LogP contribution in [0.1, 0.15) is 42.9 Å². The van der Waals surface area contributed by atoms with E-state index in [9.17, 15) is 13.0 Å². The van der Waals surface area contributed by atoms with Crippen molar-refractivity contribution >= 4 is 10.1 Å². The summed E-state index contributed by atoms with van der Waals surface area (Å²) in [5.74, 6) is 0.376. The van der Waals surface area contributed by atoms with Gasteiger partial charge < -0.3 is 4.55 Å². The van der Waals surface area contributed by atoms with Crippen LogP contribution in [-0.2, 0) is 10.1 Å². The van der Waals surface area contributed by atoms with Crippen molar-refractivity contribution in [2.24, 2.45) is 0 Å². The first-order valence-electron chi connectivity index (χ1n) is 5.34. The van der Waals surface area contributed by atoms with Crippen LogP contribution in [0.4, 0.5) is 0 Å². The van der Waals surface area contributed by atoms with Gasteiger partial charge in [-0.25, -0.2) is 8.42 Å². The summed E-state index contributed by atoms with van der Waals surface area (Å²) in [4.78, 5) is -0.0699. The van der Waals surface area contributed by atoms with Gasteiger partial charge in [-0.1, -0.05) is 26.0 Å². The molecule has 90 valence electrons. The SMILES string of the molecule is CCC(C)c1cc(C)c(S(=O)(=O)[O-])c(C)c1.